The van der Waals surface area contributed by atoms with Crippen molar-refractivity contribution in [3.8, 4) is 0 Å². The number of aliphatic imine (C=N–C) groups is 1. The van der Waals surface area contributed by atoms with Crippen molar-refractivity contribution in [2.24, 2.45) is 4.99 Å². The second-order valence-corrected chi connectivity index (χ2v) is 7.51. The van der Waals surface area contributed by atoms with Crippen LogP contribution < -0.4 is 10.6 Å². The molecule has 0 aliphatic carbocycles. The Morgan fingerprint density at radius 2 is 2.00 bits per heavy atom. The van der Waals surface area contributed by atoms with E-state index in [0.717, 1.165) is 55.9 Å². The lowest BCUT2D eigenvalue weighted by molar-refractivity contribution is -0.127. The van der Waals surface area contributed by atoms with E-state index in [9.17, 15) is 9.18 Å². The van der Waals surface area contributed by atoms with Gasteiger partial charge in [0.15, 0.2) is 5.96 Å². The zero-order valence-electron chi connectivity index (χ0n) is 18.1. The fourth-order valence-corrected chi connectivity index (χ4v) is 3.29. The van der Waals surface area contributed by atoms with Gasteiger partial charge in [0.05, 0.1) is 13.2 Å². The highest BCUT2D eigenvalue weighted by molar-refractivity contribution is 14.0. The number of benzene rings is 1. The fraction of sp³-hybridized carbons (Fsp3) is 0.524. The van der Waals surface area contributed by atoms with Gasteiger partial charge in [0.25, 0.3) is 0 Å². The molecule has 2 heterocycles. The van der Waals surface area contributed by atoms with Gasteiger partial charge in [-0.25, -0.2) is 9.38 Å². The van der Waals surface area contributed by atoms with Crippen molar-refractivity contribution < 1.29 is 13.9 Å². The second kappa shape index (κ2) is 12.8. The molecular formula is C21H32FIN6O2. The third-order valence-electron chi connectivity index (χ3n) is 5.11. The number of fused-ring (bicyclic) bond motifs is 1. The number of amides is 1. The molecule has 2 aromatic rings. The van der Waals surface area contributed by atoms with Crippen LogP contribution in [0.4, 0.5) is 4.39 Å². The number of aromatic amines is 1. The van der Waals surface area contributed by atoms with Crippen molar-refractivity contribution in [2.45, 2.75) is 6.42 Å². The number of halogens is 2. The van der Waals surface area contributed by atoms with Crippen molar-refractivity contribution in [2.75, 3.05) is 66.6 Å². The summed E-state index contributed by atoms with van der Waals surface area (Å²) in [5.41, 5.74) is 1.95. The first-order chi connectivity index (χ1) is 14.5. The second-order valence-electron chi connectivity index (χ2n) is 7.51. The molecule has 3 rings (SSSR count). The molecule has 1 aliphatic heterocycles. The number of guanidine groups is 1. The molecule has 1 amide bonds. The maximum Gasteiger partial charge on any atom is 0.243 e. The summed E-state index contributed by atoms with van der Waals surface area (Å²) in [5, 5.41) is 7.48. The van der Waals surface area contributed by atoms with Crippen LogP contribution in [0.25, 0.3) is 10.9 Å². The molecule has 0 atom stereocenters. The Balaban J connectivity index is 0.00000341. The van der Waals surface area contributed by atoms with Gasteiger partial charge in [-0.2, -0.15) is 0 Å². The number of likely N-dealkylation sites (N-methyl/N-ethyl adjacent to an activating group) is 1. The number of nitrogens with one attached hydrogen (secondary N) is 3. The van der Waals surface area contributed by atoms with E-state index in [-0.39, 0.29) is 42.2 Å². The summed E-state index contributed by atoms with van der Waals surface area (Å²) in [6.45, 7) is 5.69. The number of H-pyrrole nitrogens is 1. The third kappa shape index (κ3) is 7.93. The van der Waals surface area contributed by atoms with Crippen LogP contribution in [-0.4, -0.2) is 93.2 Å². The van der Waals surface area contributed by atoms with Crippen LogP contribution in [-0.2, 0) is 16.0 Å². The van der Waals surface area contributed by atoms with E-state index in [1.165, 1.54) is 11.0 Å². The molecule has 8 nitrogen and oxygen atoms in total. The Labute approximate surface area is 199 Å². The highest BCUT2D eigenvalue weighted by Crippen LogP contribution is 2.19. The van der Waals surface area contributed by atoms with Crippen LogP contribution >= 0.6 is 24.0 Å². The molecule has 0 radical (unpaired) electrons. The van der Waals surface area contributed by atoms with Gasteiger partial charge >= 0.3 is 0 Å². The quantitative estimate of drug-likeness (QED) is 0.265. The van der Waals surface area contributed by atoms with Crippen LogP contribution in [0, 0.1) is 5.82 Å². The minimum atomic E-state index is -0.245. The summed E-state index contributed by atoms with van der Waals surface area (Å²) in [6.07, 6.45) is 2.61. The topological polar surface area (TPSA) is 85.0 Å². The van der Waals surface area contributed by atoms with Crippen molar-refractivity contribution in [1.29, 1.82) is 0 Å². The first kappa shape index (κ1) is 25.3. The molecule has 172 valence electrons. The van der Waals surface area contributed by atoms with Gasteiger partial charge in [0.2, 0.25) is 5.91 Å². The number of hydrogen-bond acceptors (Lipinski definition) is 4. The molecular weight excluding hydrogens is 514 g/mol. The molecule has 1 aromatic heterocycles. The van der Waals surface area contributed by atoms with Gasteiger partial charge in [-0.3, -0.25) is 9.69 Å². The lowest BCUT2D eigenvalue weighted by atomic mass is 10.1. The van der Waals surface area contributed by atoms with Gasteiger partial charge in [-0.15, -0.1) is 24.0 Å². The molecule has 31 heavy (non-hydrogen) atoms. The van der Waals surface area contributed by atoms with Crippen LogP contribution in [0.15, 0.2) is 29.4 Å². The first-order valence-corrected chi connectivity index (χ1v) is 10.3. The Bertz CT molecular complexity index is 867. The number of morpholine rings is 1. The van der Waals surface area contributed by atoms with Crippen LogP contribution in [0.1, 0.15) is 5.56 Å². The van der Waals surface area contributed by atoms with E-state index < -0.39 is 0 Å². The smallest absolute Gasteiger partial charge is 0.243 e. The highest BCUT2D eigenvalue weighted by atomic mass is 127. The molecule has 0 unspecified atom stereocenters. The SMILES string of the molecule is CN(C)C(=O)CN=C(NCCc1c[nH]c2ccc(F)cc12)NCCN1CCOCC1.I. The summed E-state index contributed by atoms with van der Waals surface area (Å²) in [7, 11) is 3.43. The van der Waals surface area contributed by atoms with Gasteiger partial charge < -0.3 is 25.3 Å². The van der Waals surface area contributed by atoms with Crippen molar-refractivity contribution >= 4 is 46.7 Å². The zero-order valence-corrected chi connectivity index (χ0v) is 20.4. The lowest BCUT2D eigenvalue weighted by Gasteiger charge is -2.26. The maximum absolute atomic E-state index is 13.6. The average Bonchev–Trinajstić information content (AvgIpc) is 3.14. The van der Waals surface area contributed by atoms with Gasteiger partial charge in [0.1, 0.15) is 12.4 Å². The number of nitrogens with zero attached hydrogens (tertiary/aromatic N) is 3. The summed E-state index contributed by atoms with van der Waals surface area (Å²) in [6, 6.07) is 4.74. The molecule has 0 saturated carbocycles. The molecule has 10 heteroatoms. The Hall–Kier alpha value is -1.92. The van der Waals surface area contributed by atoms with E-state index in [0.29, 0.717) is 18.9 Å². The Kier molecular flexibility index (Phi) is 10.5. The molecule has 1 aromatic carbocycles. The normalized spacial score (nSPS) is 14.9. The molecule has 1 fully saturated rings. The van der Waals surface area contributed by atoms with E-state index in [4.69, 9.17) is 4.74 Å². The first-order valence-electron chi connectivity index (χ1n) is 10.3. The number of aromatic nitrogens is 1. The number of rotatable bonds is 8. The number of ether oxygens (including phenoxy) is 1. The summed E-state index contributed by atoms with van der Waals surface area (Å²) in [4.78, 5) is 23.4. The maximum atomic E-state index is 13.6. The summed E-state index contributed by atoms with van der Waals surface area (Å²) >= 11 is 0. The number of carbonyl (C=O) groups is 1. The Morgan fingerprint density at radius 3 is 2.74 bits per heavy atom. The minimum absolute atomic E-state index is 0. The zero-order chi connectivity index (χ0) is 21.3. The van der Waals surface area contributed by atoms with Crippen molar-refractivity contribution in [1.82, 2.24) is 25.4 Å². The van der Waals surface area contributed by atoms with Crippen molar-refractivity contribution in [3.05, 3.63) is 35.8 Å². The van der Waals surface area contributed by atoms with Gasteiger partial charge in [-0.1, -0.05) is 0 Å². The summed E-state index contributed by atoms with van der Waals surface area (Å²) in [5.74, 6) is 0.298. The standard InChI is InChI=1S/C21H31FN6O2.HI/c1-27(2)20(29)15-26-21(24-7-8-28-9-11-30-12-10-28)23-6-5-16-14-25-19-4-3-17(22)13-18(16)19;/h3-4,13-14,25H,5-12,15H2,1-2H3,(H2,23,24,26);1H. The van der Waals surface area contributed by atoms with Gasteiger partial charge in [-0.05, 0) is 30.2 Å². The van der Waals surface area contributed by atoms with E-state index in [1.807, 2.05) is 6.20 Å². The lowest BCUT2D eigenvalue weighted by Crippen LogP contribution is -2.45. The van der Waals surface area contributed by atoms with Crippen molar-refractivity contribution in [3.63, 3.8) is 0 Å². The fourth-order valence-electron chi connectivity index (χ4n) is 3.29. The van der Waals surface area contributed by atoms with Gasteiger partial charge in [0, 0.05) is 63.9 Å². The molecule has 0 bridgehead atoms. The summed E-state index contributed by atoms with van der Waals surface area (Å²) < 4.78 is 18.9. The average molecular weight is 546 g/mol. The predicted molar refractivity (Wildman–Crippen MR) is 132 cm³/mol. The van der Waals surface area contributed by atoms with E-state index in [1.54, 1.807) is 26.2 Å². The predicted octanol–water partition coefficient (Wildman–Crippen LogP) is 1.42. The third-order valence-corrected chi connectivity index (χ3v) is 5.11. The molecule has 1 aliphatic rings. The van der Waals surface area contributed by atoms with Crippen LogP contribution in [0.5, 0.6) is 0 Å². The molecule has 3 N–H and O–H groups in total. The monoisotopic (exact) mass is 546 g/mol. The van der Waals surface area contributed by atoms with Crippen LogP contribution in [0.2, 0.25) is 0 Å². The van der Waals surface area contributed by atoms with E-state index >= 15 is 0 Å². The number of hydrogen-bond donors (Lipinski definition) is 3. The van der Waals surface area contributed by atoms with Crippen LogP contribution in [0.3, 0.4) is 0 Å². The molecule has 1 saturated heterocycles. The largest absolute Gasteiger partial charge is 0.379 e. The minimum Gasteiger partial charge on any atom is -0.379 e. The van der Waals surface area contributed by atoms with E-state index in [2.05, 4.69) is 25.5 Å². The Morgan fingerprint density at radius 1 is 1.26 bits per heavy atom. The number of carbonyl (C=O) groups excluding carboxylic acids is 1. The highest BCUT2D eigenvalue weighted by Gasteiger charge is 2.11. The molecule has 0 spiro atoms.